The van der Waals surface area contributed by atoms with Gasteiger partial charge in [-0.2, -0.15) is 0 Å². The second-order valence-corrected chi connectivity index (χ2v) is 7.35. The third kappa shape index (κ3) is 4.46. The van der Waals surface area contributed by atoms with E-state index < -0.39 is 0 Å². The van der Waals surface area contributed by atoms with E-state index in [0.29, 0.717) is 22.0 Å². The number of hydrogen-bond donors (Lipinski definition) is 1. The molecule has 3 rings (SSSR count). The Morgan fingerprint density at radius 3 is 3.04 bits per heavy atom. The van der Waals surface area contributed by atoms with Crippen LogP contribution in [0.1, 0.15) is 16.8 Å². The van der Waals surface area contributed by atoms with Gasteiger partial charge in [0.15, 0.2) is 4.96 Å². The van der Waals surface area contributed by atoms with Crippen molar-refractivity contribution in [1.29, 1.82) is 0 Å². The number of rotatable bonds is 6. The molecule has 0 fully saturated rings. The SMILES string of the molecule is Cc1ccc(CNC(=O)CSCc2cc(=O)n3ccsc3n2)cc1F. The maximum Gasteiger partial charge on any atom is 0.258 e. The Kier molecular flexibility index (Phi) is 5.50. The zero-order valence-corrected chi connectivity index (χ0v) is 15.1. The van der Waals surface area contributed by atoms with Gasteiger partial charge >= 0.3 is 0 Å². The molecule has 130 valence electrons. The number of hydrogen-bond acceptors (Lipinski definition) is 5. The van der Waals surface area contributed by atoms with Gasteiger partial charge in [-0.15, -0.1) is 23.1 Å². The highest BCUT2D eigenvalue weighted by molar-refractivity contribution is 7.99. The minimum absolute atomic E-state index is 0.118. The molecule has 1 aromatic carbocycles. The van der Waals surface area contributed by atoms with Crippen molar-refractivity contribution in [3.63, 3.8) is 0 Å². The van der Waals surface area contributed by atoms with Gasteiger partial charge in [0.05, 0.1) is 11.4 Å². The highest BCUT2D eigenvalue weighted by Gasteiger charge is 2.07. The van der Waals surface area contributed by atoms with Crippen LogP contribution in [0, 0.1) is 12.7 Å². The van der Waals surface area contributed by atoms with Crippen LogP contribution in [0.3, 0.4) is 0 Å². The first kappa shape index (κ1) is 17.6. The van der Waals surface area contributed by atoms with Gasteiger partial charge in [-0.25, -0.2) is 9.37 Å². The monoisotopic (exact) mass is 377 g/mol. The highest BCUT2D eigenvalue weighted by Crippen LogP contribution is 2.13. The van der Waals surface area contributed by atoms with Crippen LogP contribution < -0.4 is 10.9 Å². The highest BCUT2D eigenvalue weighted by atomic mass is 32.2. The predicted molar refractivity (Wildman–Crippen MR) is 98.5 cm³/mol. The first-order valence-electron chi connectivity index (χ1n) is 7.58. The number of carbonyl (C=O) groups is 1. The molecule has 0 atom stereocenters. The topological polar surface area (TPSA) is 63.5 Å². The molecule has 2 heterocycles. The van der Waals surface area contributed by atoms with Crippen molar-refractivity contribution in [1.82, 2.24) is 14.7 Å². The minimum atomic E-state index is -0.276. The number of aryl methyl sites for hydroxylation is 1. The van der Waals surface area contributed by atoms with Gasteiger partial charge in [-0.3, -0.25) is 14.0 Å². The van der Waals surface area contributed by atoms with E-state index in [1.807, 2.05) is 5.38 Å². The minimum Gasteiger partial charge on any atom is -0.351 e. The van der Waals surface area contributed by atoms with Gasteiger partial charge in [-0.1, -0.05) is 12.1 Å². The Bertz CT molecular complexity index is 968. The van der Waals surface area contributed by atoms with E-state index in [-0.39, 0.29) is 29.6 Å². The van der Waals surface area contributed by atoms with Crippen LogP contribution in [0.4, 0.5) is 4.39 Å². The zero-order chi connectivity index (χ0) is 17.8. The molecule has 0 saturated heterocycles. The molecule has 2 aromatic heterocycles. The van der Waals surface area contributed by atoms with E-state index in [2.05, 4.69) is 10.3 Å². The number of nitrogens with one attached hydrogen (secondary N) is 1. The smallest absolute Gasteiger partial charge is 0.258 e. The average Bonchev–Trinajstić information content (AvgIpc) is 3.05. The van der Waals surface area contributed by atoms with Crippen LogP contribution in [0.5, 0.6) is 0 Å². The van der Waals surface area contributed by atoms with Crippen molar-refractivity contribution in [3.05, 3.63) is 68.8 Å². The number of nitrogens with zero attached hydrogens (tertiary/aromatic N) is 2. The third-order valence-corrected chi connectivity index (χ3v) is 5.29. The number of amides is 1. The number of thioether (sulfide) groups is 1. The molecule has 0 radical (unpaired) electrons. The number of fused-ring (bicyclic) bond motifs is 1. The van der Waals surface area contributed by atoms with Gasteiger partial charge < -0.3 is 5.32 Å². The van der Waals surface area contributed by atoms with Gasteiger partial charge in [0, 0.05) is 29.9 Å². The Morgan fingerprint density at radius 2 is 2.24 bits per heavy atom. The molecular weight excluding hydrogens is 361 g/mol. The van der Waals surface area contributed by atoms with Crippen molar-refractivity contribution < 1.29 is 9.18 Å². The van der Waals surface area contributed by atoms with E-state index in [1.54, 1.807) is 25.3 Å². The fourth-order valence-electron chi connectivity index (χ4n) is 2.21. The predicted octanol–water partition coefficient (Wildman–Crippen LogP) is 2.75. The Hall–Kier alpha value is -2.19. The lowest BCUT2D eigenvalue weighted by molar-refractivity contribution is -0.118. The number of carbonyl (C=O) groups excluding carboxylic acids is 1. The molecule has 0 unspecified atom stereocenters. The van der Waals surface area contributed by atoms with Crippen LogP contribution in [0.2, 0.25) is 0 Å². The molecule has 0 aliphatic carbocycles. The second-order valence-electron chi connectivity index (χ2n) is 5.49. The molecule has 8 heteroatoms. The van der Waals surface area contributed by atoms with E-state index in [0.717, 1.165) is 5.56 Å². The van der Waals surface area contributed by atoms with E-state index in [1.165, 1.54) is 39.6 Å². The molecule has 3 aromatic rings. The number of aromatic nitrogens is 2. The maximum absolute atomic E-state index is 13.5. The first-order valence-corrected chi connectivity index (χ1v) is 9.61. The maximum atomic E-state index is 13.5. The lowest BCUT2D eigenvalue weighted by atomic mass is 10.1. The average molecular weight is 377 g/mol. The van der Waals surface area contributed by atoms with E-state index in [9.17, 15) is 14.0 Å². The zero-order valence-electron chi connectivity index (χ0n) is 13.5. The van der Waals surface area contributed by atoms with Crippen molar-refractivity contribution >= 4 is 34.0 Å². The molecule has 0 saturated carbocycles. The fraction of sp³-hybridized carbons (Fsp3) is 0.235. The lowest BCUT2D eigenvalue weighted by Gasteiger charge is -2.06. The van der Waals surface area contributed by atoms with Crippen LogP contribution in [0.25, 0.3) is 4.96 Å². The number of halogens is 1. The fourth-order valence-corrected chi connectivity index (χ4v) is 3.69. The summed E-state index contributed by atoms with van der Waals surface area (Å²) >= 11 is 2.78. The van der Waals surface area contributed by atoms with Crippen molar-refractivity contribution in [2.75, 3.05) is 5.75 Å². The lowest BCUT2D eigenvalue weighted by Crippen LogP contribution is -2.24. The van der Waals surface area contributed by atoms with Gasteiger partial charge in [0.25, 0.3) is 5.56 Å². The molecule has 0 spiro atoms. The van der Waals surface area contributed by atoms with Gasteiger partial charge in [0.2, 0.25) is 5.91 Å². The largest absolute Gasteiger partial charge is 0.351 e. The summed E-state index contributed by atoms with van der Waals surface area (Å²) in [7, 11) is 0. The van der Waals surface area contributed by atoms with E-state index >= 15 is 0 Å². The Labute approximate surface area is 151 Å². The van der Waals surface area contributed by atoms with Gasteiger partial charge in [0.1, 0.15) is 5.82 Å². The molecule has 1 amide bonds. The van der Waals surface area contributed by atoms with Crippen molar-refractivity contribution in [2.45, 2.75) is 19.2 Å². The molecule has 5 nitrogen and oxygen atoms in total. The number of benzene rings is 1. The number of thiazole rings is 1. The summed E-state index contributed by atoms with van der Waals surface area (Å²) in [6, 6.07) is 6.39. The third-order valence-electron chi connectivity index (χ3n) is 3.57. The second kappa shape index (κ2) is 7.79. The summed E-state index contributed by atoms with van der Waals surface area (Å²) in [6.45, 7) is 1.99. The molecular formula is C17H16FN3O2S2. The Morgan fingerprint density at radius 1 is 1.40 bits per heavy atom. The summed E-state index contributed by atoms with van der Waals surface area (Å²) in [6.07, 6.45) is 1.69. The molecule has 1 N–H and O–H groups in total. The normalized spacial score (nSPS) is 11.0. The molecule has 25 heavy (non-hydrogen) atoms. The standard InChI is InChI=1S/C17H16FN3O2S2/c1-11-2-3-12(6-14(11)18)8-19-15(22)10-24-9-13-7-16(23)21-4-5-25-17(21)20-13/h2-7H,8-10H2,1H3,(H,19,22). The van der Waals surface area contributed by atoms with Crippen LogP contribution in [-0.4, -0.2) is 21.0 Å². The first-order chi connectivity index (χ1) is 12.0. The van der Waals surface area contributed by atoms with Gasteiger partial charge in [-0.05, 0) is 24.1 Å². The molecule has 0 bridgehead atoms. The summed E-state index contributed by atoms with van der Waals surface area (Å²) in [5.74, 6) is 0.318. The van der Waals surface area contributed by atoms with Crippen molar-refractivity contribution in [2.24, 2.45) is 0 Å². The summed E-state index contributed by atoms with van der Waals surface area (Å²) in [5, 5.41) is 4.57. The Balaban J connectivity index is 1.48. The summed E-state index contributed by atoms with van der Waals surface area (Å²) in [4.78, 5) is 28.8. The molecule has 0 aliphatic heterocycles. The van der Waals surface area contributed by atoms with Crippen LogP contribution in [0.15, 0.2) is 40.6 Å². The van der Waals surface area contributed by atoms with E-state index in [4.69, 9.17) is 0 Å². The summed E-state index contributed by atoms with van der Waals surface area (Å²) < 4.78 is 15.0. The summed E-state index contributed by atoms with van der Waals surface area (Å²) in [5.41, 5.74) is 1.84. The quantitative estimate of drug-likeness (QED) is 0.717. The molecule has 0 aliphatic rings. The van der Waals surface area contributed by atoms with Crippen LogP contribution in [-0.2, 0) is 17.1 Å². The van der Waals surface area contributed by atoms with Crippen LogP contribution >= 0.6 is 23.1 Å². The van der Waals surface area contributed by atoms with Crippen molar-refractivity contribution in [3.8, 4) is 0 Å².